The normalized spacial score (nSPS) is 13.2. The molecule has 0 saturated heterocycles. The van der Waals surface area contributed by atoms with E-state index in [0.29, 0.717) is 6.04 Å². The molecule has 116 valence electrons. The molecule has 0 bridgehead atoms. The summed E-state index contributed by atoms with van der Waals surface area (Å²) >= 11 is 0. The smallest absolute Gasteiger partial charge is 0.123 e. The topological polar surface area (TPSA) is 29.9 Å². The Bertz CT molecular complexity index is 557. The summed E-state index contributed by atoms with van der Waals surface area (Å²) < 4.78 is 2.36. The Balaban J connectivity index is 2.05. The predicted octanol–water partition coefficient (Wildman–Crippen LogP) is 4.36. The third kappa shape index (κ3) is 4.31. The number of imidazole rings is 1. The van der Waals surface area contributed by atoms with Crippen LogP contribution in [0.4, 0.5) is 0 Å². The maximum absolute atomic E-state index is 4.80. The molecule has 3 nitrogen and oxygen atoms in total. The summed E-state index contributed by atoms with van der Waals surface area (Å²) in [7, 11) is 0. The zero-order chi connectivity index (χ0) is 15.2. The van der Waals surface area contributed by atoms with Gasteiger partial charge in [0.1, 0.15) is 5.82 Å². The van der Waals surface area contributed by atoms with Crippen molar-refractivity contribution in [2.75, 3.05) is 0 Å². The van der Waals surface area contributed by atoms with E-state index in [1.165, 1.54) is 18.4 Å². The van der Waals surface area contributed by atoms with Crippen molar-refractivity contribution in [1.82, 2.24) is 14.9 Å². The van der Waals surface area contributed by atoms with Gasteiger partial charge in [0.2, 0.25) is 0 Å². The van der Waals surface area contributed by atoms with Crippen molar-refractivity contribution in [3.8, 4) is 0 Å². The molecule has 0 saturated carbocycles. The Morgan fingerprint density at radius 3 is 2.62 bits per heavy atom. The first-order chi connectivity index (χ1) is 10.1. The van der Waals surface area contributed by atoms with Crippen LogP contribution < -0.4 is 5.32 Å². The quantitative estimate of drug-likeness (QED) is 0.781. The highest BCUT2D eigenvalue weighted by atomic mass is 15.1. The van der Waals surface area contributed by atoms with Crippen LogP contribution in [0.5, 0.6) is 0 Å². The molecule has 0 radical (unpaired) electrons. The van der Waals surface area contributed by atoms with Crippen LogP contribution in [0.25, 0.3) is 11.0 Å². The van der Waals surface area contributed by atoms with Gasteiger partial charge in [-0.25, -0.2) is 4.98 Å². The van der Waals surface area contributed by atoms with Crippen molar-refractivity contribution in [3.63, 3.8) is 0 Å². The third-order valence-corrected chi connectivity index (χ3v) is 3.97. The van der Waals surface area contributed by atoms with Gasteiger partial charge >= 0.3 is 0 Å². The Morgan fingerprint density at radius 1 is 1.14 bits per heavy atom. The molecule has 2 aromatic rings. The average molecular weight is 287 g/mol. The molecule has 1 N–H and O–H groups in total. The van der Waals surface area contributed by atoms with Crippen LogP contribution in [0.2, 0.25) is 0 Å². The van der Waals surface area contributed by atoms with E-state index in [-0.39, 0.29) is 0 Å². The Hall–Kier alpha value is -1.35. The molecule has 0 aliphatic rings. The lowest BCUT2D eigenvalue weighted by atomic mass is 10.0. The van der Waals surface area contributed by atoms with E-state index in [1.54, 1.807) is 0 Å². The summed E-state index contributed by atoms with van der Waals surface area (Å²) in [5.41, 5.74) is 2.36. The number of nitrogens with one attached hydrogen (secondary N) is 1. The molecule has 1 aromatic heterocycles. The zero-order valence-electron chi connectivity index (χ0n) is 13.9. The third-order valence-electron chi connectivity index (χ3n) is 3.97. The van der Waals surface area contributed by atoms with Crippen LogP contribution in [0.15, 0.2) is 24.3 Å². The molecule has 1 unspecified atom stereocenters. The van der Waals surface area contributed by atoms with Crippen molar-refractivity contribution in [2.45, 2.75) is 66.1 Å². The zero-order valence-corrected chi connectivity index (χ0v) is 13.9. The van der Waals surface area contributed by atoms with E-state index in [0.717, 1.165) is 36.8 Å². The Labute approximate surface area is 128 Å². The number of fused-ring (bicyclic) bond motifs is 1. The van der Waals surface area contributed by atoms with Gasteiger partial charge in [-0.15, -0.1) is 0 Å². The van der Waals surface area contributed by atoms with E-state index < -0.39 is 0 Å². The maximum atomic E-state index is 4.80. The lowest BCUT2D eigenvalue weighted by Crippen LogP contribution is -2.27. The summed E-state index contributed by atoms with van der Waals surface area (Å²) in [5.74, 6) is 1.94. The molecule has 2 rings (SSSR count). The lowest BCUT2D eigenvalue weighted by molar-refractivity contribution is 0.442. The van der Waals surface area contributed by atoms with Crippen molar-refractivity contribution in [2.24, 2.45) is 5.92 Å². The molecule has 0 spiro atoms. The first kappa shape index (κ1) is 16.0. The number of aryl methyl sites for hydroxylation is 1. The average Bonchev–Trinajstić information content (AvgIpc) is 2.81. The van der Waals surface area contributed by atoms with E-state index in [1.807, 2.05) is 0 Å². The van der Waals surface area contributed by atoms with E-state index in [2.05, 4.69) is 61.8 Å². The molecule has 0 aliphatic heterocycles. The Kier molecular flexibility index (Phi) is 5.80. The maximum Gasteiger partial charge on any atom is 0.123 e. The number of para-hydroxylation sites is 2. The molecular weight excluding hydrogens is 258 g/mol. The van der Waals surface area contributed by atoms with Gasteiger partial charge in [-0.1, -0.05) is 32.9 Å². The van der Waals surface area contributed by atoms with Gasteiger partial charge in [0.25, 0.3) is 0 Å². The molecular formula is C18H29N3. The van der Waals surface area contributed by atoms with Crippen LogP contribution in [-0.2, 0) is 13.1 Å². The lowest BCUT2D eigenvalue weighted by Gasteiger charge is -2.15. The number of nitrogens with zero attached hydrogens (tertiary/aromatic N) is 2. The fraction of sp³-hybridized carbons (Fsp3) is 0.611. The molecule has 0 amide bonds. The monoisotopic (exact) mass is 287 g/mol. The second-order valence-corrected chi connectivity index (χ2v) is 6.42. The van der Waals surface area contributed by atoms with Crippen LogP contribution in [0, 0.1) is 5.92 Å². The van der Waals surface area contributed by atoms with Crippen molar-refractivity contribution < 1.29 is 0 Å². The highest BCUT2D eigenvalue weighted by Crippen LogP contribution is 2.17. The second kappa shape index (κ2) is 7.60. The van der Waals surface area contributed by atoms with E-state index in [4.69, 9.17) is 4.98 Å². The van der Waals surface area contributed by atoms with Gasteiger partial charge < -0.3 is 9.88 Å². The summed E-state index contributed by atoms with van der Waals surface area (Å²) in [6, 6.07) is 8.98. The highest BCUT2D eigenvalue weighted by Gasteiger charge is 2.11. The summed E-state index contributed by atoms with van der Waals surface area (Å²) in [4.78, 5) is 4.80. The number of aromatic nitrogens is 2. The second-order valence-electron chi connectivity index (χ2n) is 6.42. The fourth-order valence-corrected chi connectivity index (χ4v) is 2.68. The minimum Gasteiger partial charge on any atom is -0.327 e. The van der Waals surface area contributed by atoms with E-state index in [9.17, 15) is 0 Å². The molecule has 0 aliphatic carbocycles. The summed E-state index contributed by atoms with van der Waals surface area (Å²) in [5, 5.41) is 3.63. The summed E-state index contributed by atoms with van der Waals surface area (Å²) in [6.45, 7) is 11.0. The SMILES string of the molecule is CCCn1c(CNC(C)CCC(C)C)nc2ccccc21. The first-order valence-electron chi connectivity index (χ1n) is 8.29. The molecule has 3 heteroatoms. The van der Waals surface area contributed by atoms with Gasteiger partial charge in [-0.3, -0.25) is 0 Å². The molecule has 1 aromatic carbocycles. The number of benzene rings is 1. The van der Waals surface area contributed by atoms with Crippen LogP contribution in [-0.4, -0.2) is 15.6 Å². The largest absolute Gasteiger partial charge is 0.327 e. The fourth-order valence-electron chi connectivity index (χ4n) is 2.68. The van der Waals surface area contributed by atoms with Gasteiger partial charge in [0, 0.05) is 12.6 Å². The summed E-state index contributed by atoms with van der Waals surface area (Å²) in [6.07, 6.45) is 3.64. The highest BCUT2D eigenvalue weighted by molar-refractivity contribution is 5.75. The molecule has 21 heavy (non-hydrogen) atoms. The van der Waals surface area contributed by atoms with Crippen molar-refractivity contribution in [3.05, 3.63) is 30.1 Å². The van der Waals surface area contributed by atoms with Crippen LogP contribution >= 0.6 is 0 Å². The van der Waals surface area contributed by atoms with Crippen LogP contribution in [0.1, 0.15) is 52.8 Å². The molecule has 1 atom stereocenters. The minimum atomic E-state index is 0.544. The van der Waals surface area contributed by atoms with Crippen LogP contribution in [0.3, 0.4) is 0 Å². The van der Waals surface area contributed by atoms with Gasteiger partial charge in [0.15, 0.2) is 0 Å². The molecule has 0 fully saturated rings. The van der Waals surface area contributed by atoms with Gasteiger partial charge in [0.05, 0.1) is 17.6 Å². The first-order valence-corrected chi connectivity index (χ1v) is 8.29. The Morgan fingerprint density at radius 2 is 1.90 bits per heavy atom. The van der Waals surface area contributed by atoms with Crippen molar-refractivity contribution in [1.29, 1.82) is 0 Å². The number of hydrogen-bond acceptors (Lipinski definition) is 2. The molecule has 1 heterocycles. The standard InChI is InChI=1S/C18H29N3/c1-5-12-21-17-9-7-6-8-16(17)20-18(21)13-19-15(4)11-10-14(2)3/h6-9,14-15,19H,5,10-13H2,1-4H3. The van der Waals surface area contributed by atoms with Crippen molar-refractivity contribution >= 4 is 11.0 Å². The van der Waals surface area contributed by atoms with Gasteiger partial charge in [-0.05, 0) is 44.2 Å². The van der Waals surface area contributed by atoms with E-state index >= 15 is 0 Å². The predicted molar refractivity (Wildman–Crippen MR) is 90.4 cm³/mol. The number of hydrogen-bond donors (Lipinski definition) is 1. The van der Waals surface area contributed by atoms with Gasteiger partial charge in [-0.2, -0.15) is 0 Å². The number of rotatable bonds is 8. The minimum absolute atomic E-state index is 0.544.